The average Bonchev–Trinajstić information content (AvgIpc) is 2.73. The largest absolute Gasteiger partial charge is 0.492 e. The SMILES string of the molecule is O=C(O)CC(Br)C(=O)c1cc(Cl)cc2c1OCC2. The summed E-state index contributed by atoms with van der Waals surface area (Å²) in [7, 11) is 0. The van der Waals surface area contributed by atoms with Gasteiger partial charge in [0.2, 0.25) is 0 Å². The quantitative estimate of drug-likeness (QED) is 0.680. The first kappa shape index (κ1) is 13.4. The Morgan fingerprint density at radius 1 is 1.50 bits per heavy atom. The highest BCUT2D eigenvalue weighted by Gasteiger charge is 2.27. The Kier molecular flexibility index (Phi) is 3.92. The molecule has 1 aliphatic rings. The number of rotatable bonds is 4. The number of ketones is 1. The number of benzene rings is 1. The molecule has 2 rings (SSSR count). The molecule has 1 aromatic rings. The number of alkyl halides is 1. The first-order valence-corrected chi connectivity index (χ1v) is 6.63. The summed E-state index contributed by atoms with van der Waals surface area (Å²) >= 11 is 9.03. The summed E-state index contributed by atoms with van der Waals surface area (Å²) in [6.07, 6.45) is 0.433. The third kappa shape index (κ3) is 2.67. The van der Waals surface area contributed by atoms with Gasteiger partial charge < -0.3 is 9.84 Å². The Morgan fingerprint density at radius 3 is 2.89 bits per heavy atom. The molecule has 0 fully saturated rings. The van der Waals surface area contributed by atoms with Crippen molar-refractivity contribution in [3.63, 3.8) is 0 Å². The van der Waals surface area contributed by atoms with Crippen molar-refractivity contribution in [2.45, 2.75) is 17.7 Å². The number of ether oxygens (including phenoxy) is 1. The number of carboxylic acid groups (broad SMARTS) is 1. The number of fused-ring (bicyclic) bond motifs is 1. The molecule has 1 atom stereocenters. The second-order valence-electron chi connectivity index (χ2n) is 3.97. The predicted octanol–water partition coefficient (Wildman–Crippen LogP) is 2.70. The van der Waals surface area contributed by atoms with E-state index in [4.69, 9.17) is 21.4 Å². The van der Waals surface area contributed by atoms with Gasteiger partial charge in [-0.15, -0.1) is 0 Å². The number of carbonyl (C=O) groups excluding carboxylic acids is 1. The molecule has 1 N–H and O–H groups in total. The first-order valence-electron chi connectivity index (χ1n) is 5.34. The Labute approximate surface area is 117 Å². The van der Waals surface area contributed by atoms with E-state index in [2.05, 4.69) is 15.9 Å². The van der Waals surface area contributed by atoms with Gasteiger partial charge in [-0.05, 0) is 17.7 Å². The topological polar surface area (TPSA) is 63.6 Å². The molecule has 0 saturated heterocycles. The fourth-order valence-corrected chi connectivity index (χ4v) is 2.63. The van der Waals surface area contributed by atoms with Crippen molar-refractivity contribution >= 4 is 39.3 Å². The van der Waals surface area contributed by atoms with E-state index in [1.54, 1.807) is 6.07 Å². The summed E-state index contributed by atoms with van der Waals surface area (Å²) in [5.74, 6) is -0.831. The van der Waals surface area contributed by atoms with E-state index in [1.165, 1.54) is 6.07 Å². The van der Waals surface area contributed by atoms with Crippen molar-refractivity contribution in [3.05, 3.63) is 28.3 Å². The molecule has 1 aliphatic heterocycles. The predicted molar refractivity (Wildman–Crippen MR) is 69.9 cm³/mol. The third-order valence-corrected chi connectivity index (χ3v) is 3.61. The van der Waals surface area contributed by atoms with Gasteiger partial charge in [-0.25, -0.2) is 0 Å². The number of Topliss-reactive ketones (excluding diaryl/α,β-unsaturated/α-hetero) is 1. The Morgan fingerprint density at radius 2 is 2.22 bits per heavy atom. The second kappa shape index (κ2) is 5.28. The zero-order valence-electron chi connectivity index (χ0n) is 9.28. The highest BCUT2D eigenvalue weighted by atomic mass is 79.9. The number of halogens is 2. The molecule has 18 heavy (non-hydrogen) atoms. The van der Waals surface area contributed by atoms with Crippen LogP contribution in [0.4, 0.5) is 0 Å². The maximum atomic E-state index is 12.1. The fraction of sp³-hybridized carbons (Fsp3) is 0.333. The highest BCUT2D eigenvalue weighted by Crippen LogP contribution is 2.34. The van der Waals surface area contributed by atoms with Crippen LogP contribution < -0.4 is 4.74 Å². The molecule has 1 unspecified atom stereocenters. The zero-order valence-corrected chi connectivity index (χ0v) is 11.6. The second-order valence-corrected chi connectivity index (χ2v) is 5.51. The number of carbonyl (C=O) groups is 2. The van der Waals surface area contributed by atoms with Crippen LogP contribution in [-0.4, -0.2) is 28.3 Å². The molecular weight excluding hydrogens is 323 g/mol. The van der Waals surface area contributed by atoms with Crippen molar-refractivity contribution in [1.82, 2.24) is 0 Å². The molecule has 4 nitrogen and oxygen atoms in total. The van der Waals surface area contributed by atoms with Gasteiger partial charge in [0.05, 0.1) is 23.4 Å². The van der Waals surface area contributed by atoms with Crippen molar-refractivity contribution in [1.29, 1.82) is 0 Å². The van der Waals surface area contributed by atoms with E-state index in [9.17, 15) is 9.59 Å². The van der Waals surface area contributed by atoms with Gasteiger partial charge in [0, 0.05) is 11.4 Å². The van der Waals surface area contributed by atoms with Gasteiger partial charge in [0.15, 0.2) is 5.78 Å². The zero-order chi connectivity index (χ0) is 13.3. The van der Waals surface area contributed by atoms with Crippen molar-refractivity contribution in [2.75, 3.05) is 6.61 Å². The van der Waals surface area contributed by atoms with Crippen LogP contribution in [0.2, 0.25) is 5.02 Å². The van der Waals surface area contributed by atoms with E-state index in [-0.39, 0.29) is 12.2 Å². The molecule has 0 aromatic heterocycles. The summed E-state index contributed by atoms with van der Waals surface area (Å²) in [6, 6.07) is 3.28. The van der Waals surface area contributed by atoms with Crippen molar-refractivity contribution < 1.29 is 19.4 Å². The Hall–Kier alpha value is -1.07. The minimum absolute atomic E-state index is 0.278. The highest BCUT2D eigenvalue weighted by molar-refractivity contribution is 9.10. The number of aliphatic carboxylic acids is 1. The molecule has 0 saturated carbocycles. The van der Waals surface area contributed by atoms with E-state index >= 15 is 0 Å². The van der Waals surface area contributed by atoms with Crippen LogP contribution in [0.3, 0.4) is 0 Å². The van der Waals surface area contributed by atoms with Crippen LogP contribution in [0.1, 0.15) is 22.3 Å². The van der Waals surface area contributed by atoms with Gasteiger partial charge in [0.1, 0.15) is 5.75 Å². The first-order chi connectivity index (χ1) is 8.49. The minimum Gasteiger partial charge on any atom is -0.492 e. The summed E-state index contributed by atoms with van der Waals surface area (Å²) < 4.78 is 5.41. The van der Waals surface area contributed by atoms with Gasteiger partial charge in [-0.1, -0.05) is 27.5 Å². The molecule has 0 radical (unpaired) electrons. The van der Waals surface area contributed by atoms with Gasteiger partial charge >= 0.3 is 5.97 Å². The monoisotopic (exact) mass is 332 g/mol. The number of carboxylic acids is 1. The lowest BCUT2D eigenvalue weighted by molar-refractivity contribution is -0.136. The normalized spacial score (nSPS) is 14.8. The van der Waals surface area contributed by atoms with Gasteiger partial charge in [-0.3, -0.25) is 9.59 Å². The molecule has 96 valence electrons. The summed E-state index contributed by atoms with van der Waals surface area (Å²) in [5.41, 5.74) is 1.24. The van der Waals surface area contributed by atoms with Crippen molar-refractivity contribution in [3.8, 4) is 5.75 Å². The fourth-order valence-electron chi connectivity index (χ4n) is 1.87. The maximum absolute atomic E-state index is 12.1. The van der Waals surface area contributed by atoms with E-state index in [0.717, 1.165) is 5.56 Å². The summed E-state index contributed by atoms with van der Waals surface area (Å²) in [6.45, 7) is 0.516. The van der Waals surface area contributed by atoms with Crippen LogP contribution in [0, 0.1) is 0 Å². The van der Waals surface area contributed by atoms with Crippen LogP contribution in [0.5, 0.6) is 5.75 Å². The molecule has 6 heteroatoms. The number of hydrogen-bond donors (Lipinski definition) is 1. The lowest BCUT2D eigenvalue weighted by Crippen LogP contribution is -2.18. The minimum atomic E-state index is -1.04. The van der Waals surface area contributed by atoms with Crippen LogP contribution >= 0.6 is 27.5 Å². The maximum Gasteiger partial charge on any atom is 0.304 e. The van der Waals surface area contributed by atoms with Crippen molar-refractivity contribution in [2.24, 2.45) is 0 Å². The molecule has 0 aliphatic carbocycles. The Bertz CT molecular complexity index is 515. The third-order valence-electron chi connectivity index (χ3n) is 2.65. The molecule has 0 bridgehead atoms. The van der Waals surface area contributed by atoms with E-state index in [0.29, 0.717) is 29.4 Å². The van der Waals surface area contributed by atoms with Crippen LogP contribution in [0.25, 0.3) is 0 Å². The lowest BCUT2D eigenvalue weighted by Gasteiger charge is -2.10. The molecule has 0 spiro atoms. The smallest absolute Gasteiger partial charge is 0.304 e. The van der Waals surface area contributed by atoms with Gasteiger partial charge in [-0.2, -0.15) is 0 Å². The van der Waals surface area contributed by atoms with Crippen LogP contribution in [0.15, 0.2) is 12.1 Å². The molecular formula is C12H10BrClO4. The standard InChI is InChI=1S/C12H10BrClO4/c13-9(5-10(15)16)11(17)8-4-7(14)3-6-1-2-18-12(6)8/h3-4,9H,1-2,5H2,(H,15,16). The lowest BCUT2D eigenvalue weighted by atomic mass is 10.0. The summed E-state index contributed by atoms with van der Waals surface area (Å²) in [4.78, 5) is 22.0. The van der Waals surface area contributed by atoms with Crippen LogP contribution in [-0.2, 0) is 11.2 Å². The molecule has 1 heterocycles. The molecule has 0 amide bonds. The molecule has 1 aromatic carbocycles. The van der Waals surface area contributed by atoms with E-state index < -0.39 is 10.8 Å². The van der Waals surface area contributed by atoms with Gasteiger partial charge in [0.25, 0.3) is 0 Å². The Balaban J connectivity index is 2.33. The van der Waals surface area contributed by atoms with E-state index in [1.807, 2.05) is 0 Å². The number of hydrogen-bond acceptors (Lipinski definition) is 3. The average molecular weight is 334 g/mol. The summed E-state index contributed by atoms with van der Waals surface area (Å²) in [5, 5.41) is 9.14.